The van der Waals surface area contributed by atoms with Crippen LogP contribution in [-0.2, 0) is 0 Å². The third-order valence-electron chi connectivity index (χ3n) is 0.941. The van der Waals surface area contributed by atoms with E-state index in [1.54, 1.807) is 0 Å². The highest BCUT2D eigenvalue weighted by Gasteiger charge is 2.06. The summed E-state index contributed by atoms with van der Waals surface area (Å²) >= 11 is 3.73. The highest BCUT2D eigenvalue weighted by Crippen LogP contribution is 2.25. The van der Waals surface area contributed by atoms with Crippen molar-refractivity contribution in [2.45, 2.75) is 19.2 Å². The summed E-state index contributed by atoms with van der Waals surface area (Å²) < 4.78 is 0. The van der Waals surface area contributed by atoms with Crippen LogP contribution in [0.1, 0.15) is 13.8 Å². The molecule has 3 heteroatoms. The molecule has 1 aliphatic rings. The Bertz CT molecular complexity index is 111. The Balaban J connectivity index is 2.50. The van der Waals surface area contributed by atoms with E-state index in [0.717, 1.165) is 0 Å². The normalized spacial score (nSPS) is 29.8. The van der Waals surface area contributed by atoms with Crippen LogP contribution in [0.25, 0.3) is 0 Å². The van der Waals surface area contributed by atoms with Crippen LogP contribution in [0.3, 0.4) is 0 Å². The minimum Gasteiger partial charge on any atom is -0.269 e. The molecule has 0 saturated carbocycles. The average Bonchev–Trinajstić information content (AvgIpc) is 1.64. The van der Waals surface area contributed by atoms with E-state index in [1.807, 2.05) is 23.5 Å². The van der Waals surface area contributed by atoms with Crippen LogP contribution in [0.2, 0.25) is 0 Å². The second kappa shape index (κ2) is 2.78. The largest absolute Gasteiger partial charge is 0.269 e. The predicted octanol–water partition coefficient (Wildman–Crippen LogP) is 2.19. The average molecular weight is 147 g/mol. The Morgan fingerprint density at radius 2 is 2.50 bits per heavy atom. The van der Waals surface area contributed by atoms with Crippen LogP contribution in [0.5, 0.6) is 0 Å². The summed E-state index contributed by atoms with van der Waals surface area (Å²) in [6.07, 6.45) is 0. The van der Waals surface area contributed by atoms with Gasteiger partial charge >= 0.3 is 0 Å². The first-order valence-electron chi connectivity index (χ1n) is 2.58. The maximum absolute atomic E-state index is 4.33. The molecule has 1 aliphatic heterocycles. The standard InChI is InChI=1S/C5H9NS2/c1-4-6-5(2)8-3-7-4/h4H,3H2,1-2H3. The molecule has 0 N–H and O–H groups in total. The Hall–Kier alpha value is 0.370. The first-order valence-corrected chi connectivity index (χ1v) is 4.61. The summed E-state index contributed by atoms with van der Waals surface area (Å²) in [6.45, 7) is 4.20. The summed E-state index contributed by atoms with van der Waals surface area (Å²) in [7, 11) is 0. The highest BCUT2D eigenvalue weighted by atomic mass is 32.2. The van der Waals surface area contributed by atoms with Gasteiger partial charge in [0.05, 0.1) is 10.4 Å². The van der Waals surface area contributed by atoms with E-state index in [4.69, 9.17) is 0 Å². The van der Waals surface area contributed by atoms with Crippen LogP contribution in [-0.4, -0.2) is 15.5 Å². The predicted molar refractivity (Wildman–Crippen MR) is 42.6 cm³/mol. The van der Waals surface area contributed by atoms with Gasteiger partial charge in [-0.05, 0) is 13.8 Å². The van der Waals surface area contributed by atoms with Crippen molar-refractivity contribution in [1.29, 1.82) is 0 Å². The van der Waals surface area contributed by atoms with Gasteiger partial charge in [-0.25, -0.2) is 0 Å². The van der Waals surface area contributed by atoms with Gasteiger partial charge in [-0.1, -0.05) is 0 Å². The molecule has 0 spiro atoms. The van der Waals surface area contributed by atoms with Gasteiger partial charge in [0.1, 0.15) is 0 Å². The molecule has 1 atom stereocenters. The van der Waals surface area contributed by atoms with Gasteiger partial charge in [0.2, 0.25) is 0 Å². The van der Waals surface area contributed by atoms with Crippen LogP contribution in [0, 0.1) is 0 Å². The maximum Gasteiger partial charge on any atom is 0.0941 e. The molecule has 1 unspecified atom stereocenters. The Kier molecular flexibility index (Phi) is 2.26. The van der Waals surface area contributed by atoms with Gasteiger partial charge in [0, 0.05) is 5.08 Å². The molecule has 8 heavy (non-hydrogen) atoms. The number of nitrogens with zero attached hydrogens (tertiary/aromatic N) is 1. The molecular weight excluding hydrogens is 138 g/mol. The van der Waals surface area contributed by atoms with Crippen LogP contribution in [0.15, 0.2) is 4.99 Å². The fraction of sp³-hybridized carbons (Fsp3) is 0.800. The van der Waals surface area contributed by atoms with E-state index in [1.165, 1.54) is 10.1 Å². The van der Waals surface area contributed by atoms with Gasteiger partial charge < -0.3 is 0 Å². The van der Waals surface area contributed by atoms with Gasteiger partial charge in [-0.2, -0.15) is 0 Å². The summed E-state index contributed by atoms with van der Waals surface area (Å²) in [4.78, 5) is 4.33. The zero-order valence-electron chi connectivity index (χ0n) is 5.05. The van der Waals surface area contributed by atoms with Crippen molar-refractivity contribution in [2.75, 3.05) is 5.08 Å². The maximum atomic E-state index is 4.33. The molecule has 0 aromatic carbocycles. The summed E-state index contributed by atoms with van der Waals surface area (Å²) in [5.74, 6) is 0. The van der Waals surface area contributed by atoms with E-state index in [2.05, 4.69) is 18.8 Å². The third-order valence-corrected chi connectivity index (χ3v) is 3.07. The van der Waals surface area contributed by atoms with E-state index in [-0.39, 0.29) is 0 Å². The minimum absolute atomic E-state index is 0.497. The molecule has 0 aliphatic carbocycles. The summed E-state index contributed by atoms with van der Waals surface area (Å²) in [6, 6.07) is 0. The zero-order valence-corrected chi connectivity index (χ0v) is 6.68. The van der Waals surface area contributed by atoms with Gasteiger partial charge in [0.15, 0.2) is 0 Å². The van der Waals surface area contributed by atoms with Crippen molar-refractivity contribution >= 4 is 28.6 Å². The van der Waals surface area contributed by atoms with E-state index < -0.39 is 0 Å². The molecule has 1 nitrogen and oxygen atoms in total. The molecule has 0 saturated heterocycles. The summed E-state index contributed by atoms with van der Waals surface area (Å²) in [5.41, 5.74) is 0. The van der Waals surface area contributed by atoms with Crippen molar-refractivity contribution < 1.29 is 0 Å². The SMILES string of the molecule is CC1=NC(C)SCS1. The lowest BCUT2D eigenvalue weighted by molar-refractivity contribution is 1.05. The van der Waals surface area contributed by atoms with Gasteiger partial charge in [-0.3, -0.25) is 4.99 Å². The monoisotopic (exact) mass is 147 g/mol. The fourth-order valence-electron chi connectivity index (χ4n) is 0.548. The first kappa shape index (κ1) is 6.49. The molecule has 1 heterocycles. The molecular formula is C5H9NS2. The zero-order chi connectivity index (χ0) is 5.98. The van der Waals surface area contributed by atoms with Crippen molar-refractivity contribution in [3.05, 3.63) is 0 Å². The second-order valence-corrected chi connectivity index (χ2v) is 4.51. The fourth-order valence-corrected chi connectivity index (χ4v) is 2.82. The number of hydrogen-bond donors (Lipinski definition) is 0. The summed E-state index contributed by atoms with van der Waals surface area (Å²) in [5, 5.41) is 2.91. The second-order valence-electron chi connectivity index (χ2n) is 1.68. The minimum atomic E-state index is 0.497. The molecule has 0 aromatic rings. The Labute approximate surface area is 58.3 Å². The quantitative estimate of drug-likeness (QED) is 0.520. The van der Waals surface area contributed by atoms with Gasteiger partial charge in [0.25, 0.3) is 0 Å². The van der Waals surface area contributed by atoms with Gasteiger partial charge in [-0.15, -0.1) is 23.5 Å². The highest BCUT2D eigenvalue weighted by molar-refractivity contribution is 8.24. The molecule has 46 valence electrons. The van der Waals surface area contributed by atoms with E-state index in [0.29, 0.717) is 5.37 Å². The molecule has 0 amide bonds. The van der Waals surface area contributed by atoms with Crippen LogP contribution >= 0.6 is 23.5 Å². The molecule has 0 aromatic heterocycles. The molecule has 1 rings (SSSR count). The Morgan fingerprint density at radius 1 is 1.75 bits per heavy atom. The lowest BCUT2D eigenvalue weighted by Gasteiger charge is -2.12. The van der Waals surface area contributed by atoms with Crippen molar-refractivity contribution in [1.82, 2.24) is 0 Å². The van der Waals surface area contributed by atoms with Crippen molar-refractivity contribution in [3.63, 3.8) is 0 Å². The lowest BCUT2D eigenvalue weighted by Crippen LogP contribution is -2.01. The number of rotatable bonds is 0. The Morgan fingerprint density at radius 3 is 2.88 bits per heavy atom. The number of thioether (sulfide) groups is 2. The van der Waals surface area contributed by atoms with Crippen LogP contribution < -0.4 is 0 Å². The van der Waals surface area contributed by atoms with E-state index >= 15 is 0 Å². The lowest BCUT2D eigenvalue weighted by atomic mass is 10.7. The van der Waals surface area contributed by atoms with E-state index in [9.17, 15) is 0 Å². The molecule has 0 radical (unpaired) electrons. The molecule has 0 fully saturated rings. The van der Waals surface area contributed by atoms with Crippen LogP contribution in [0.4, 0.5) is 0 Å². The number of hydrogen-bond acceptors (Lipinski definition) is 3. The first-order chi connectivity index (χ1) is 3.79. The number of aliphatic imine (C=N–C) groups is 1. The smallest absolute Gasteiger partial charge is 0.0941 e. The van der Waals surface area contributed by atoms with Crippen molar-refractivity contribution in [2.24, 2.45) is 4.99 Å². The third kappa shape index (κ3) is 1.71. The van der Waals surface area contributed by atoms with Crippen molar-refractivity contribution in [3.8, 4) is 0 Å². The molecule has 0 bridgehead atoms. The topological polar surface area (TPSA) is 12.4 Å².